The van der Waals surface area contributed by atoms with Crippen LogP contribution in [0.15, 0.2) is 22.8 Å². The van der Waals surface area contributed by atoms with Gasteiger partial charge in [0.2, 0.25) is 0 Å². The highest BCUT2D eigenvalue weighted by Gasteiger charge is 2.62. The van der Waals surface area contributed by atoms with Gasteiger partial charge in [0.25, 0.3) is 0 Å². The molecule has 4 rings (SSSR count). The molecular formula is C29H46O3. The van der Waals surface area contributed by atoms with Gasteiger partial charge in [-0.3, -0.25) is 4.79 Å². The summed E-state index contributed by atoms with van der Waals surface area (Å²) in [6.45, 7) is 13.6. The van der Waals surface area contributed by atoms with Gasteiger partial charge in [-0.05, 0) is 119 Å². The first-order valence-corrected chi connectivity index (χ1v) is 13.2. The van der Waals surface area contributed by atoms with Crippen LogP contribution in [0.3, 0.4) is 0 Å². The van der Waals surface area contributed by atoms with E-state index in [0.717, 1.165) is 37.5 Å². The lowest BCUT2D eigenvalue weighted by Gasteiger charge is -2.59. The summed E-state index contributed by atoms with van der Waals surface area (Å²) in [5.41, 5.74) is 4.06. The van der Waals surface area contributed by atoms with Crippen molar-refractivity contribution < 1.29 is 15.0 Å². The molecule has 4 aliphatic carbocycles. The van der Waals surface area contributed by atoms with Crippen molar-refractivity contribution in [2.75, 3.05) is 0 Å². The fraction of sp³-hybridized carbons (Fsp3) is 0.828. The van der Waals surface area contributed by atoms with Gasteiger partial charge in [0.1, 0.15) is 0 Å². The Morgan fingerprint density at radius 1 is 1.09 bits per heavy atom. The largest absolute Gasteiger partial charge is 0.481 e. The predicted molar refractivity (Wildman–Crippen MR) is 130 cm³/mol. The minimum atomic E-state index is -1.02. The molecule has 0 aromatic rings. The fourth-order valence-corrected chi connectivity index (χ4v) is 9.08. The SMILES string of the molecule is CC(C)=CCC[C@H](C)C1CCC2C3=C(CC[C@@]21C)[C@@]1(C)CC[C@H](O)[C@@](C)(C(=O)O)C1CC3. The van der Waals surface area contributed by atoms with Crippen LogP contribution >= 0.6 is 0 Å². The maximum atomic E-state index is 12.3. The molecule has 180 valence electrons. The molecule has 0 aromatic heterocycles. The first kappa shape index (κ1) is 24.0. The zero-order valence-electron chi connectivity index (χ0n) is 21.3. The molecule has 0 spiro atoms. The van der Waals surface area contributed by atoms with Crippen molar-refractivity contribution in [1.29, 1.82) is 0 Å². The number of hydrogen-bond acceptors (Lipinski definition) is 2. The highest BCUT2D eigenvalue weighted by molar-refractivity contribution is 5.76. The van der Waals surface area contributed by atoms with Crippen molar-refractivity contribution in [2.45, 2.75) is 112 Å². The monoisotopic (exact) mass is 442 g/mol. The standard InChI is InChI=1S/C29H46O3/c1-18(2)8-7-9-19(3)21-11-12-22-20-10-13-24-28(5,23(20)14-16-27(21,22)4)17-15-25(30)29(24,6)26(31)32/h8,19,21-22,24-25,30H,7,9-17H2,1-6H3,(H,31,32)/t19-,21?,22?,24?,25-,27+,28+,29-/m0/s1. The van der Waals surface area contributed by atoms with Crippen LogP contribution in [-0.4, -0.2) is 22.3 Å². The molecule has 4 aliphatic rings. The van der Waals surface area contributed by atoms with Crippen molar-refractivity contribution in [1.82, 2.24) is 0 Å². The van der Waals surface area contributed by atoms with E-state index in [2.05, 4.69) is 40.7 Å². The summed E-state index contributed by atoms with van der Waals surface area (Å²) in [4.78, 5) is 12.3. The highest BCUT2D eigenvalue weighted by atomic mass is 16.4. The molecule has 32 heavy (non-hydrogen) atoms. The molecule has 0 saturated heterocycles. The van der Waals surface area contributed by atoms with Crippen molar-refractivity contribution in [3.63, 3.8) is 0 Å². The van der Waals surface area contributed by atoms with Gasteiger partial charge < -0.3 is 10.2 Å². The second kappa shape index (κ2) is 8.29. The van der Waals surface area contributed by atoms with E-state index in [1.807, 2.05) is 6.92 Å². The highest BCUT2D eigenvalue weighted by Crippen LogP contribution is 2.68. The van der Waals surface area contributed by atoms with Crippen molar-refractivity contribution in [2.24, 2.45) is 39.9 Å². The van der Waals surface area contributed by atoms with E-state index >= 15 is 0 Å². The summed E-state index contributed by atoms with van der Waals surface area (Å²) in [5, 5.41) is 20.9. The number of fused-ring (bicyclic) bond motifs is 4. The Hall–Kier alpha value is -1.09. The molecule has 0 aromatic carbocycles. The van der Waals surface area contributed by atoms with Crippen LogP contribution in [0.5, 0.6) is 0 Å². The zero-order valence-corrected chi connectivity index (χ0v) is 21.3. The van der Waals surface area contributed by atoms with Crippen molar-refractivity contribution >= 4 is 5.97 Å². The van der Waals surface area contributed by atoms with E-state index in [1.165, 1.54) is 37.7 Å². The van der Waals surface area contributed by atoms with E-state index < -0.39 is 17.5 Å². The summed E-state index contributed by atoms with van der Waals surface area (Å²) in [7, 11) is 0. The molecular weight excluding hydrogens is 396 g/mol. The number of hydrogen-bond donors (Lipinski definition) is 2. The van der Waals surface area contributed by atoms with Gasteiger partial charge in [-0.2, -0.15) is 0 Å². The van der Waals surface area contributed by atoms with Gasteiger partial charge in [-0.15, -0.1) is 0 Å². The van der Waals surface area contributed by atoms with Crippen molar-refractivity contribution in [3.8, 4) is 0 Å². The second-order valence-electron chi connectivity index (χ2n) is 12.7. The molecule has 2 N–H and O–H groups in total. The first-order chi connectivity index (χ1) is 15.0. The molecule has 2 saturated carbocycles. The third kappa shape index (κ3) is 3.44. The van der Waals surface area contributed by atoms with Gasteiger partial charge in [-0.25, -0.2) is 0 Å². The minimum Gasteiger partial charge on any atom is -0.481 e. The van der Waals surface area contributed by atoms with Crippen LogP contribution in [0.1, 0.15) is 106 Å². The molecule has 3 unspecified atom stereocenters. The van der Waals surface area contributed by atoms with Gasteiger partial charge >= 0.3 is 5.97 Å². The predicted octanol–water partition coefficient (Wildman–Crippen LogP) is 7.15. The van der Waals surface area contributed by atoms with Crippen LogP contribution < -0.4 is 0 Å². The topological polar surface area (TPSA) is 57.5 Å². The molecule has 8 atom stereocenters. The number of carboxylic acid groups (broad SMARTS) is 1. The average molecular weight is 443 g/mol. The Morgan fingerprint density at radius 3 is 2.47 bits per heavy atom. The molecule has 3 nitrogen and oxygen atoms in total. The molecule has 0 radical (unpaired) electrons. The van der Waals surface area contributed by atoms with Gasteiger partial charge in [0.15, 0.2) is 0 Å². The van der Waals surface area contributed by atoms with E-state index in [4.69, 9.17) is 0 Å². The summed E-state index contributed by atoms with van der Waals surface area (Å²) < 4.78 is 0. The fourth-order valence-electron chi connectivity index (χ4n) is 9.08. The lowest BCUT2D eigenvalue weighted by atomic mass is 9.45. The van der Waals surface area contributed by atoms with Crippen LogP contribution in [0, 0.1) is 39.9 Å². The quantitative estimate of drug-likeness (QED) is 0.444. The lowest BCUT2D eigenvalue weighted by Crippen LogP contribution is -2.58. The van der Waals surface area contributed by atoms with E-state index in [1.54, 1.807) is 11.1 Å². The second-order valence-corrected chi connectivity index (χ2v) is 12.7. The number of aliphatic hydroxyl groups excluding tert-OH is 1. The van der Waals surface area contributed by atoms with Gasteiger partial charge in [0.05, 0.1) is 11.5 Å². The number of aliphatic carboxylic acids is 1. The number of carbonyl (C=O) groups is 1. The number of carboxylic acids is 1. The Labute approximate surface area is 195 Å². The summed E-state index contributed by atoms with van der Waals surface area (Å²) >= 11 is 0. The third-order valence-electron chi connectivity index (χ3n) is 11.0. The third-order valence-corrected chi connectivity index (χ3v) is 11.0. The summed E-state index contributed by atoms with van der Waals surface area (Å²) in [5.74, 6) is 1.48. The molecule has 0 bridgehead atoms. The molecule has 0 aliphatic heterocycles. The van der Waals surface area contributed by atoms with E-state index in [0.29, 0.717) is 17.8 Å². The lowest BCUT2D eigenvalue weighted by molar-refractivity contribution is -0.175. The first-order valence-electron chi connectivity index (χ1n) is 13.2. The van der Waals surface area contributed by atoms with Crippen LogP contribution in [-0.2, 0) is 4.79 Å². The summed E-state index contributed by atoms with van der Waals surface area (Å²) in [6.07, 6.45) is 12.7. The van der Waals surface area contributed by atoms with E-state index in [-0.39, 0.29) is 11.3 Å². The summed E-state index contributed by atoms with van der Waals surface area (Å²) in [6, 6.07) is 0. The molecule has 2 fully saturated rings. The number of aliphatic hydroxyl groups is 1. The molecule has 0 amide bonds. The Kier molecular flexibility index (Phi) is 6.23. The minimum absolute atomic E-state index is 0.0413. The number of allylic oxidation sites excluding steroid dienone is 4. The van der Waals surface area contributed by atoms with Gasteiger partial charge in [-0.1, -0.05) is 43.6 Å². The van der Waals surface area contributed by atoms with Crippen LogP contribution in [0.2, 0.25) is 0 Å². The maximum absolute atomic E-state index is 12.3. The van der Waals surface area contributed by atoms with Crippen LogP contribution in [0.4, 0.5) is 0 Å². The Bertz CT molecular complexity index is 820. The number of rotatable bonds is 5. The normalized spacial score (nSPS) is 44.3. The smallest absolute Gasteiger partial charge is 0.312 e. The Balaban J connectivity index is 1.62. The maximum Gasteiger partial charge on any atom is 0.312 e. The van der Waals surface area contributed by atoms with Gasteiger partial charge in [0, 0.05) is 0 Å². The zero-order chi connectivity index (χ0) is 23.5. The average Bonchev–Trinajstić information content (AvgIpc) is 3.08. The van der Waals surface area contributed by atoms with Crippen LogP contribution in [0.25, 0.3) is 0 Å². The molecule has 0 heterocycles. The molecule has 3 heteroatoms. The van der Waals surface area contributed by atoms with E-state index in [9.17, 15) is 15.0 Å². The van der Waals surface area contributed by atoms with Crippen molar-refractivity contribution in [3.05, 3.63) is 22.8 Å². The Morgan fingerprint density at radius 2 is 1.81 bits per heavy atom.